The second kappa shape index (κ2) is 7.79. The zero-order valence-electron chi connectivity index (χ0n) is 14.6. The van der Waals surface area contributed by atoms with Crippen molar-refractivity contribution in [1.29, 1.82) is 0 Å². The first-order chi connectivity index (χ1) is 13.0. The highest BCUT2D eigenvalue weighted by molar-refractivity contribution is 9.11. The highest BCUT2D eigenvalue weighted by Gasteiger charge is 2.43. The molecule has 4 rings (SSSR count). The largest absolute Gasteiger partial charge is 0.296 e. The summed E-state index contributed by atoms with van der Waals surface area (Å²) in [6, 6.07) is 9.26. The van der Waals surface area contributed by atoms with Crippen molar-refractivity contribution in [1.82, 2.24) is 9.80 Å². The Morgan fingerprint density at radius 2 is 1.74 bits per heavy atom. The van der Waals surface area contributed by atoms with Crippen LogP contribution >= 0.6 is 27.3 Å². The van der Waals surface area contributed by atoms with Gasteiger partial charge in [-0.1, -0.05) is 0 Å². The Morgan fingerprint density at radius 1 is 1.04 bits per heavy atom. The van der Waals surface area contributed by atoms with Gasteiger partial charge in [-0.25, -0.2) is 9.29 Å². The third-order valence-corrected chi connectivity index (χ3v) is 6.67. The molecule has 142 valence electrons. The summed E-state index contributed by atoms with van der Waals surface area (Å²) in [6.45, 7) is 4.15. The van der Waals surface area contributed by atoms with Crippen LogP contribution in [-0.4, -0.2) is 53.8 Å². The number of piperazine rings is 1. The lowest BCUT2D eigenvalue weighted by Crippen LogP contribution is -2.52. The SMILES string of the molecule is O=C1C[C@@H](N2CCN(Cc3ccc(Br)s3)CC2)C(=O)N1c1ccc(F)cc1. The van der Waals surface area contributed by atoms with E-state index in [4.69, 9.17) is 0 Å². The second-order valence-electron chi connectivity index (χ2n) is 6.78. The number of thiophene rings is 1. The molecule has 8 heteroatoms. The molecule has 0 saturated carbocycles. The Hall–Kier alpha value is -1.61. The summed E-state index contributed by atoms with van der Waals surface area (Å²) in [5.74, 6) is -0.812. The number of benzene rings is 1. The third-order valence-electron chi connectivity index (χ3n) is 5.06. The number of nitrogens with zero attached hydrogens (tertiary/aromatic N) is 3. The van der Waals surface area contributed by atoms with Crippen LogP contribution in [0.5, 0.6) is 0 Å². The smallest absolute Gasteiger partial charge is 0.251 e. The minimum absolute atomic E-state index is 0.189. The molecule has 1 atom stereocenters. The van der Waals surface area contributed by atoms with E-state index in [9.17, 15) is 14.0 Å². The van der Waals surface area contributed by atoms with Crippen LogP contribution in [0.1, 0.15) is 11.3 Å². The first kappa shape index (κ1) is 18.7. The molecule has 2 saturated heterocycles. The van der Waals surface area contributed by atoms with Gasteiger partial charge in [-0.05, 0) is 52.3 Å². The summed E-state index contributed by atoms with van der Waals surface area (Å²) in [6.07, 6.45) is 0.189. The maximum atomic E-state index is 13.1. The van der Waals surface area contributed by atoms with Gasteiger partial charge in [0, 0.05) is 37.6 Å². The first-order valence-electron chi connectivity index (χ1n) is 8.84. The molecule has 2 fully saturated rings. The van der Waals surface area contributed by atoms with Gasteiger partial charge in [-0.2, -0.15) is 0 Å². The Labute approximate surface area is 169 Å². The van der Waals surface area contributed by atoms with Gasteiger partial charge in [-0.3, -0.25) is 19.4 Å². The van der Waals surface area contributed by atoms with Crippen molar-refractivity contribution >= 4 is 44.8 Å². The van der Waals surface area contributed by atoms with E-state index < -0.39 is 6.04 Å². The molecule has 0 radical (unpaired) electrons. The molecule has 1 aromatic heterocycles. The molecular formula is C19H19BrFN3O2S. The number of amides is 2. The van der Waals surface area contributed by atoms with Crippen molar-refractivity contribution in [2.45, 2.75) is 19.0 Å². The molecule has 0 unspecified atom stereocenters. The fourth-order valence-corrected chi connectivity index (χ4v) is 5.18. The molecular weight excluding hydrogens is 433 g/mol. The number of rotatable bonds is 4. The number of hydrogen-bond donors (Lipinski definition) is 0. The monoisotopic (exact) mass is 451 g/mol. The molecule has 0 N–H and O–H groups in total. The molecule has 5 nitrogen and oxygen atoms in total. The van der Waals surface area contributed by atoms with Crippen molar-refractivity contribution in [3.63, 3.8) is 0 Å². The minimum Gasteiger partial charge on any atom is -0.296 e. The fourth-order valence-electron chi connectivity index (χ4n) is 3.65. The average molecular weight is 452 g/mol. The van der Waals surface area contributed by atoms with Crippen LogP contribution in [0, 0.1) is 5.82 Å². The number of imide groups is 1. The van der Waals surface area contributed by atoms with Crippen molar-refractivity contribution in [2.75, 3.05) is 31.1 Å². The highest BCUT2D eigenvalue weighted by atomic mass is 79.9. The minimum atomic E-state index is -0.416. The van der Waals surface area contributed by atoms with Crippen molar-refractivity contribution in [3.05, 3.63) is 50.9 Å². The maximum Gasteiger partial charge on any atom is 0.251 e. The molecule has 0 bridgehead atoms. The van der Waals surface area contributed by atoms with Crippen molar-refractivity contribution < 1.29 is 14.0 Å². The van der Waals surface area contributed by atoms with Gasteiger partial charge in [-0.15, -0.1) is 11.3 Å². The molecule has 0 aliphatic carbocycles. The quantitative estimate of drug-likeness (QED) is 0.669. The van der Waals surface area contributed by atoms with Gasteiger partial charge in [0.15, 0.2) is 0 Å². The molecule has 1 aromatic carbocycles. The van der Waals surface area contributed by atoms with E-state index >= 15 is 0 Å². The maximum absolute atomic E-state index is 13.1. The summed E-state index contributed by atoms with van der Waals surface area (Å²) < 4.78 is 14.3. The number of hydrogen-bond acceptors (Lipinski definition) is 5. The van der Waals surface area contributed by atoms with Crippen LogP contribution in [0.25, 0.3) is 0 Å². The fraction of sp³-hybridized carbons (Fsp3) is 0.368. The predicted molar refractivity (Wildman–Crippen MR) is 106 cm³/mol. The number of carbonyl (C=O) groups excluding carboxylic acids is 2. The molecule has 2 aliphatic rings. The van der Waals surface area contributed by atoms with Gasteiger partial charge in [0.2, 0.25) is 5.91 Å². The summed E-state index contributed by atoms with van der Waals surface area (Å²) in [7, 11) is 0. The van der Waals surface area contributed by atoms with Crippen LogP contribution in [0.15, 0.2) is 40.2 Å². The van der Waals surface area contributed by atoms with Crippen LogP contribution < -0.4 is 4.90 Å². The Morgan fingerprint density at radius 3 is 2.37 bits per heavy atom. The molecule has 3 heterocycles. The zero-order valence-corrected chi connectivity index (χ0v) is 17.0. The average Bonchev–Trinajstić information content (AvgIpc) is 3.19. The predicted octanol–water partition coefficient (Wildman–Crippen LogP) is 3.10. The van der Waals surface area contributed by atoms with E-state index in [1.165, 1.54) is 34.0 Å². The number of carbonyl (C=O) groups is 2. The summed E-state index contributed by atoms with van der Waals surface area (Å²) in [4.78, 5) is 32.2. The highest BCUT2D eigenvalue weighted by Crippen LogP contribution is 2.27. The summed E-state index contributed by atoms with van der Waals surface area (Å²) >= 11 is 5.23. The Bertz CT molecular complexity index is 849. The molecule has 2 amide bonds. The lowest BCUT2D eigenvalue weighted by atomic mass is 10.1. The van der Waals surface area contributed by atoms with Crippen LogP contribution in [-0.2, 0) is 16.1 Å². The summed E-state index contributed by atoms with van der Waals surface area (Å²) in [5, 5.41) is 0. The van der Waals surface area contributed by atoms with E-state index in [1.807, 2.05) is 0 Å². The van der Waals surface area contributed by atoms with E-state index in [0.717, 1.165) is 36.5 Å². The molecule has 0 spiro atoms. The van der Waals surface area contributed by atoms with Gasteiger partial charge >= 0.3 is 0 Å². The number of anilines is 1. The van der Waals surface area contributed by atoms with E-state index in [-0.39, 0.29) is 24.1 Å². The Balaban J connectivity index is 1.38. The number of halogens is 2. The van der Waals surface area contributed by atoms with Crippen LogP contribution in [0.4, 0.5) is 10.1 Å². The van der Waals surface area contributed by atoms with Gasteiger partial charge in [0.25, 0.3) is 5.91 Å². The summed E-state index contributed by atoms with van der Waals surface area (Å²) in [5.41, 5.74) is 0.441. The third kappa shape index (κ3) is 3.99. The van der Waals surface area contributed by atoms with Crippen LogP contribution in [0.3, 0.4) is 0 Å². The van der Waals surface area contributed by atoms with E-state index in [2.05, 4.69) is 37.9 Å². The van der Waals surface area contributed by atoms with Gasteiger partial charge in [0.1, 0.15) is 5.82 Å². The van der Waals surface area contributed by atoms with E-state index in [1.54, 1.807) is 11.3 Å². The zero-order chi connectivity index (χ0) is 19.0. The molecule has 2 aliphatic heterocycles. The standard InChI is InChI=1S/C19H19BrFN3O2S/c20-17-6-5-15(27-17)12-22-7-9-23(10-8-22)16-11-18(25)24(19(16)26)14-3-1-13(21)2-4-14/h1-6,16H,7-12H2/t16-/m1/s1. The lowest BCUT2D eigenvalue weighted by Gasteiger charge is -2.36. The second-order valence-corrected chi connectivity index (χ2v) is 9.33. The van der Waals surface area contributed by atoms with E-state index in [0.29, 0.717) is 5.69 Å². The van der Waals surface area contributed by atoms with Gasteiger partial charge in [0.05, 0.1) is 21.9 Å². The topological polar surface area (TPSA) is 43.9 Å². The first-order valence-corrected chi connectivity index (χ1v) is 10.5. The van der Waals surface area contributed by atoms with Crippen molar-refractivity contribution in [2.24, 2.45) is 0 Å². The van der Waals surface area contributed by atoms with Gasteiger partial charge < -0.3 is 0 Å². The van der Waals surface area contributed by atoms with Crippen LogP contribution in [0.2, 0.25) is 0 Å². The molecule has 2 aromatic rings. The lowest BCUT2D eigenvalue weighted by molar-refractivity contribution is -0.123. The van der Waals surface area contributed by atoms with Crippen molar-refractivity contribution in [3.8, 4) is 0 Å². The Kier molecular flexibility index (Phi) is 5.41. The molecule has 27 heavy (non-hydrogen) atoms. The normalized spacial score (nSPS) is 22.0.